The highest BCUT2D eigenvalue weighted by atomic mass is 32.2. The number of benzene rings is 1. The first-order chi connectivity index (χ1) is 10.8. The van der Waals surface area contributed by atoms with Gasteiger partial charge < -0.3 is 4.90 Å². The Labute approximate surface area is 138 Å². The number of piperazine rings is 1. The molecular weight excluding hydrogens is 312 g/mol. The van der Waals surface area contributed by atoms with Gasteiger partial charge in [0.15, 0.2) is 9.84 Å². The number of aryl methyl sites for hydroxylation is 1. The third-order valence-corrected chi connectivity index (χ3v) is 6.81. The highest BCUT2D eigenvalue weighted by molar-refractivity contribution is 7.91. The molecule has 3 atom stereocenters. The largest absolute Gasteiger partial charge is 0.306 e. The van der Waals surface area contributed by atoms with Gasteiger partial charge in [-0.25, -0.2) is 8.42 Å². The van der Waals surface area contributed by atoms with E-state index in [1.54, 1.807) is 4.90 Å². The van der Waals surface area contributed by atoms with E-state index in [1.165, 1.54) is 0 Å². The zero-order valence-electron chi connectivity index (χ0n) is 13.9. The molecule has 0 radical (unpaired) electrons. The Morgan fingerprint density at radius 2 is 1.78 bits per heavy atom. The normalized spacial score (nSPS) is 28.7. The number of hydrogen-bond acceptors (Lipinski definition) is 4. The molecule has 2 heterocycles. The molecule has 3 rings (SSSR count). The second kappa shape index (κ2) is 5.91. The van der Waals surface area contributed by atoms with Crippen LogP contribution in [0, 0.1) is 6.92 Å². The van der Waals surface area contributed by atoms with Crippen molar-refractivity contribution in [3.05, 3.63) is 29.8 Å². The van der Waals surface area contributed by atoms with Gasteiger partial charge in [0.05, 0.1) is 24.1 Å². The first-order valence-electron chi connectivity index (χ1n) is 8.17. The van der Waals surface area contributed by atoms with Crippen molar-refractivity contribution in [3.63, 3.8) is 0 Å². The Bertz CT molecular complexity index is 699. The van der Waals surface area contributed by atoms with Crippen LogP contribution >= 0.6 is 0 Å². The molecular formula is C17H24N2O3S. The van der Waals surface area contributed by atoms with Crippen LogP contribution < -0.4 is 4.90 Å². The van der Waals surface area contributed by atoms with Crippen molar-refractivity contribution in [1.29, 1.82) is 0 Å². The van der Waals surface area contributed by atoms with Gasteiger partial charge in [-0.15, -0.1) is 0 Å². The van der Waals surface area contributed by atoms with E-state index in [0.717, 1.165) is 17.7 Å². The summed E-state index contributed by atoms with van der Waals surface area (Å²) in [6, 6.07) is 7.57. The van der Waals surface area contributed by atoms with E-state index >= 15 is 0 Å². The average Bonchev–Trinajstić information content (AvgIpc) is 2.82. The number of hydrogen-bond donors (Lipinski definition) is 0. The van der Waals surface area contributed by atoms with Crippen LogP contribution in [0.4, 0.5) is 5.69 Å². The SMILES string of the molecule is CC[C@H](C)N1CC(=O)N(c2ccc(C)cc2)[C@@H]2CS(=O)(=O)C[C@@H]21. The lowest BCUT2D eigenvalue weighted by molar-refractivity contribution is -0.124. The van der Waals surface area contributed by atoms with Gasteiger partial charge in [0.1, 0.15) is 0 Å². The van der Waals surface area contributed by atoms with E-state index in [4.69, 9.17) is 0 Å². The van der Waals surface area contributed by atoms with Crippen LogP contribution in [0.1, 0.15) is 25.8 Å². The monoisotopic (exact) mass is 336 g/mol. The van der Waals surface area contributed by atoms with E-state index in [0.29, 0.717) is 6.54 Å². The van der Waals surface area contributed by atoms with Crippen LogP contribution in [0.5, 0.6) is 0 Å². The van der Waals surface area contributed by atoms with Crippen molar-refractivity contribution in [2.75, 3.05) is 23.0 Å². The second-order valence-corrected chi connectivity index (χ2v) is 8.89. The minimum absolute atomic E-state index is 0.00694. The lowest BCUT2D eigenvalue weighted by Crippen LogP contribution is -2.63. The fourth-order valence-corrected chi connectivity index (χ4v) is 5.63. The molecule has 1 aromatic carbocycles. The van der Waals surface area contributed by atoms with Gasteiger partial charge in [0.2, 0.25) is 5.91 Å². The van der Waals surface area contributed by atoms with Gasteiger partial charge in [-0.05, 0) is 32.4 Å². The van der Waals surface area contributed by atoms with E-state index in [-0.39, 0.29) is 35.5 Å². The number of anilines is 1. The number of fused-ring (bicyclic) bond motifs is 1. The maximum atomic E-state index is 12.8. The molecule has 2 aliphatic rings. The number of carbonyl (C=O) groups is 1. The molecule has 0 aliphatic carbocycles. The minimum atomic E-state index is -3.11. The summed E-state index contributed by atoms with van der Waals surface area (Å²) in [5, 5.41) is 0. The molecule has 1 aromatic rings. The van der Waals surface area contributed by atoms with Crippen LogP contribution in [0.15, 0.2) is 24.3 Å². The predicted octanol–water partition coefficient (Wildman–Crippen LogP) is 1.61. The van der Waals surface area contributed by atoms with Gasteiger partial charge in [-0.2, -0.15) is 0 Å². The molecule has 23 heavy (non-hydrogen) atoms. The molecule has 2 fully saturated rings. The van der Waals surface area contributed by atoms with Crippen molar-refractivity contribution < 1.29 is 13.2 Å². The Morgan fingerprint density at radius 3 is 2.39 bits per heavy atom. The summed E-state index contributed by atoms with van der Waals surface area (Å²) in [7, 11) is -3.11. The number of sulfone groups is 1. The number of carbonyl (C=O) groups excluding carboxylic acids is 1. The quantitative estimate of drug-likeness (QED) is 0.841. The van der Waals surface area contributed by atoms with Crippen molar-refractivity contribution in [1.82, 2.24) is 4.90 Å². The van der Waals surface area contributed by atoms with Gasteiger partial charge >= 0.3 is 0 Å². The average molecular weight is 336 g/mol. The van der Waals surface area contributed by atoms with Gasteiger partial charge in [-0.3, -0.25) is 9.69 Å². The Hall–Kier alpha value is -1.40. The number of amides is 1. The van der Waals surface area contributed by atoms with Gasteiger partial charge in [0, 0.05) is 17.8 Å². The predicted molar refractivity (Wildman–Crippen MR) is 91.4 cm³/mol. The van der Waals surface area contributed by atoms with Crippen LogP contribution in [0.25, 0.3) is 0 Å². The van der Waals surface area contributed by atoms with E-state index in [2.05, 4.69) is 18.7 Å². The summed E-state index contributed by atoms with van der Waals surface area (Å²) in [5.41, 5.74) is 1.92. The third kappa shape index (κ3) is 3.02. The Balaban J connectivity index is 1.99. The summed E-state index contributed by atoms with van der Waals surface area (Å²) < 4.78 is 24.5. The highest BCUT2D eigenvalue weighted by Gasteiger charge is 2.50. The summed E-state index contributed by atoms with van der Waals surface area (Å²) in [5.74, 6) is 0.203. The first-order valence-corrected chi connectivity index (χ1v) is 9.99. The fraction of sp³-hybridized carbons (Fsp3) is 0.588. The second-order valence-electron chi connectivity index (χ2n) is 6.74. The maximum Gasteiger partial charge on any atom is 0.241 e. The smallest absolute Gasteiger partial charge is 0.241 e. The molecule has 126 valence electrons. The van der Waals surface area contributed by atoms with Crippen LogP contribution in [0.3, 0.4) is 0 Å². The molecule has 2 aliphatic heterocycles. The third-order valence-electron chi connectivity index (χ3n) is 5.11. The van der Waals surface area contributed by atoms with Gasteiger partial charge in [-0.1, -0.05) is 24.6 Å². The number of rotatable bonds is 3. The van der Waals surface area contributed by atoms with E-state index in [1.807, 2.05) is 31.2 Å². The lowest BCUT2D eigenvalue weighted by atomic mass is 10.00. The molecule has 0 bridgehead atoms. The summed E-state index contributed by atoms with van der Waals surface area (Å²) >= 11 is 0. The van der Waals surface area contributed by atoms with Crippen LogP contribution in [-0.2, 0) is 14.6 Å². The first kappa shape index (κ1) is 16.5. The van der Waals surface area contributed by atoms with Crippen LogP contribution in [0.2, 0.25) is 0 Å². The molecule has 0 aromatic heterocycles. The molecule has 0 spiro atoms. The van der Waals surface area contributed by atoms with E-state index < -0.39 is 9.84 Å². The Morgan fingerprint density at radius 1 is 1.17 bits per heavy atom. The maximum absolute atomic E-state index is 12.8. The molecule has 0 N–H and O–H groups in total. The summed E-state index contributed by atoms with van der Waals surface area (Å²) in [4.78, 5) is 16.6. The number of nitrogens with zero attached hydrogens (tertiary/aromatic N) is 2. The van der Waals surface area contributed by atoms with Crippen molar-refractivity contribution in [2.45, 2.75) is 45.3 Å². The highest BCUT2D eigenvalue weighted by Crippen LogP contribution is 2.33. The molecule has 0 saturated carbocycles. The molecule has 6 heteroatoms. The minimum Gasteiger partial charge on any atom is -0.306 e. The fourth-order valence-electron chi connectivity index (χ4n) is 3.67. The van der Waals surface area contributed by atoms with Crippen molar-refractivity contribution in [3.8, 4) is 0 Å². The molecule has 2 saturated heterocycles. The molecule has 5 nitrogen and oxygen atoms in total. The standard InChI is InChI=1S/C17H24N2O3S/c1-4-13(3)18-9-17(20)19(14-7-5-12(2)6-8-14)16-11-23(21,22)10-15(16)18/h5-8,13,15-16H,4,9-11H2,1-3H3/t13-,15-,16+/m0/s1. The van der Waals surface area contributed by atoms with Crippen molar-refractivity contribution >= 4 is 21.4 Å². The van der Waals surface area contributed by atoms with Gasteiger partial charge in [0.25, 0.3) is 0 Å². The van der Waals surface area contributed by atoms with Crippen LogP contribution in [-0.4, -0.2) is 55.4 Å². The summed E-state index contributed by atoms with van der Waals surface area (Å²) in [6.07, 6.45) is 0.904. The molecule has 1 amide bonds. The summed E-state index contributed by atoms with van der Waals surface area (Å²) in [6.45, 7) is 6.42. The Kier molecular flexibility index (Phi) is 4.23. The van der Waals surface area contributed by atoms with Crippen molar-refractivity contribution in [2.24, 2.45) is 0 Å². The zero-order valence-corrected chi connectivity index (χ0v) is 14.7. The van der Waals surface area contributed by atoms with E-state index in [9.17, 15) is 13.2 Å². The zero-order chi connectivity index (χ0) is 16.8. The molecule has 0 unspecified atom stereocenters. The lowest BCUT2D eigenvalue weighted by Gasteiger charge is -2.45. The topological polar surface area (TPSA) is 57.7 Å².